The van der Waals surface area contributed by atoms with Gasteiger partial charge in [-0.2, -0.15) is 0 Å². The summed E-state index contributed by atoms with van der Waals surface area (Å²) in [7, 11) is 1.28. The Balaban J connectivity index is 2.02. The summed E-state index contributed by atoms with van der Waals surface area (Å²) in [5.74, 6) is -1.54. The van der Waals surface area contributed by atoms with Crippen LogP contribution >= 0.6 is 0 Å². The molecule has 3 rings (SSSR count). The van der Waals surface area contributed by atoms with E-state index >= 15 is 0 Å². The molecule has 2 aromatic heterocycles. The van der Waals surface area contributed by atoms with E-state index in [9.17, 15) is 18.8 Å². The number of aryl methyl sites for hydroxylation is 3. The second-order valence-electron chi connectivity index (χ2n) is 9.81. The maximum Gasteiger partial charge on any atom is 0.307 e. The molecule has 37 heavy (non-hydrogen) atoms. The number of amides is 1. The minimum atomic E-state index is -0.961. The van der Waals surface area contributed by atoms with Crippen LogP contribution in [-0.2, 0) is 14.3 Å². The van der Waals surface area contributed by atoms with E-state index in [1.165, 1.54) is 20.1 Å². The number of esters is 1. The highest BCUT2D eigenvalue weighted by atomic mass is 19.1. The van der Waals surface area contributed by atoms with Crippen molar-refractivity contribution in [3.63, 3.8) is 0 Å². The number of hydrogen-bond donors (Lipinski definition) is 1. The van der Waals surface area contributed by atoms with Gasteiger partial charge >= 0.3 is 5.97 Å². The summed E-state index contributed by atoms with van der Waals surface area (Å²) in [6.45, 7) is 9.36. The Labute approximate surface area is 216 Å². The molecule has 0 aliphatic carbocycles. The number of aromatic nitrogens is 2. The highest BCUT2D eigenvalue weighted by Gasteiger charge is 2.28. The predicted octanol–water partition coefficient (Wildman–Crippen LogP) is 4.98. The van der Waals surface area contributed by atoms with Gasteiger partial charge < -0.3 is 14.6 Å². The number of rotatable bonds is 9. The average molecular weight is 508 g/mol. The summed E-state index contributed by atoms with van der Waals surface area (Å²) in [4.78, 5) is 43.0. The summed E-state index contributed by atoms with van der Waals surface area (Å²) >= 11 is 0. The molecule has 2 heterocycles. The molecular formula is C29H34FN3O4. The lowest BCUT2D eigenvalue weighted by Crippen LogP contribution is -2.40. The quantitative estimate of drug-likeness (QED) is 0.413. The minimum absolute atomic E-state index is 0.0418. The van der Waals surface area contributed by atoms with Crippen molar-refractivity contribution in [2.45, 2.75) is 59.5 Å². The molecule has 3 aromatic rings. The number of ether oxygens (including phenoxy) is 1. The maximum absolute atomic E-state index is 14.4. The van der Waals surface area contributed by atoms with E-state index in [4.69, 9.17) is 4.74 Å². The molecule has 2 unspecified atom stereocenters. The molecular weight excluding hydrogens is 473 g/mol. The molecule has 1 aromatic carbocycles. The molecule has 8 heteroatoms. The van der Waals surface area contributed by atoms with Gasteiger partial charge in [0.25, 0.3) is 5.56 Å². The van der Waals surface area contributed by atoms with Crippen LogP contribution in [0.15, 0.2) is 53.7 Å². The lowest BCUT2D eigenvalue weighted by atomic mass is 9.94. The largest absolute Gasteiger partial charge is 0.469 e. The van der Waals surface area contributed by atoms with Gasteiger partial charge in [-0.25, -0.2) is 4.39 Å². The Morgan fingerprint density at radius 2 is 1.76 bits per heavy atom. The first-order valence-electron chi connectivity index (χ1n) is 12.3. The number of nitrogens with one attached hydrogen (secondary N) is 1. The van der Waals surface area contributed by atoms with Gasteiger partial charge in [-0.1, -0.05) is 32.0 Å². The van der Waals surface area contributed by atoms with E-state index < -0.39 is 35.3 Å². The zero-order chi connectivity index (χ0) is 27.3. The Morgan fingerprint density at radius 3 is 2.38 bits per heavy atom. The molecule has 0 aliphatic rings. The zero-order valence-corrected chi connectivity index (χ0v) is 22.2. The van der Waals surface area contributed by atoms with Crippen molar-refractivity contribution in [3.8, 4) is 11.1 Å². The molecule has 0 saturated heterocycles. The lowest BCUT2D eigenvalue weighted by Gasteiger charge is -2.25. The van der Waals surface area contributed by atoms with Gasteiger partial charge in [-0.3, -0.25) is 19.4 Å². The normalized spacial score (nSPS) is 12.8. The van der Waals surface area contributed by atoms with E-state index in [1.807, 2.05) is 52.0 Å². The van der Waals surface area contributed by atoms with Crippen LogP contribution in [0.3, 0.4) is 0 Å². The van der Waals surface area contributed by atoms with E-state index in [0.717, 1.165) is 33.0 Å². The fourth-order valence-electron chi connectivity index (χ4n) is 4.48. The molecule has 0 spiro atoms. The molecule has 0 radical (unpaired) electrons. The lowest BCUT2D eigenvalue weighted by molar-refractivity contribution is -0.141. The van der Waals surface area contributed by atoms with Crippen molar-refractivity contribution in [3.05, 3.63) is 87.3 Å². The summed E-state index contributed by atoms with van der Waals surface area (Å²) in [5, 5.41) is 2.91. The Kier molecular flexibility index (Phi) is 8.97. The van der Waals surface area contributed by atoms with Gasteiger partial charge in [0.1, 0.15) is 11.9 Å². The van der Waals surface area contributed by atoms with Gasteiger partial charge in [0.2, 0.25) is 5.91 Å². The first kappa shape index (κ1) is 27.8. The number of benzene rings is 1. The number of halogens is 1. The third kappa shape index (κ3) is 6.70. The van der Waals surface area contributed by atoms with Crippen molar-refractivity contribution in [1.29, 1.82) is 0 Å². The van der Waals surface area contributed by atoms with Gasteiger partial charge in [-0.15, -0.1) is 0 Å². The summed E-state index contributed by atoms with van der Waals surface area (Å²) in [6.07, 6.45) is 4.58. The molecule has 7 nitrogen and oxygen atoms in total. The summed E-state index contributed by atoms with van der Waals surface area (Å²) in [5.41, 5.74) is 4.39. The maximum atomic E-state index is 14.4. The number of carbonyl (C=O) groups is 2. The van der Waals surface area contributed by atoms with Crippen LogP contribution in [0.4, 0.5) is 4.39 Å². The van der Waals surface area contributed by atoms with Gasteiger partial charge in [0.05, 0.1) is 19.6 Å². The minimum Gasteiger partial charge on any atom is -0.469 e. The van der Waals surface area contributed by atoms with E-state index in [1.54, 1.807) is 12.4 Å². The molecule has 0 fully saturated rings. The van der Waals surface area contributed by atoms with Gasteiger partial charge in [-0.05, 0) is 67.0 Å². The fraction of sp³-hybridized carbons (Fsp3) is 0.379. The molecule has 196 valence electrons. The average Bonchev–Trinajstić information content (AvgIpc) is 2.84. The predicted molar refractivity (Wildman–Crippen MR) is 141 cm³/mol. The Bertz CT molecular complexity index is 1330. The second kappa shape index (κ2) is 12.0. The van der Waals surface area contributed by atoms with Crippen molar-refractivity contribution >= 4 is 11.9 Å². The molecule has 0 aliphatic heterocycles. The second-order valence-corrected chi connectivity index (χ2v) is 9.81. The summed E-state index contributed by atoms with van der Waals surface area (Å²) < 4.78 is 20.4. The fourth-order valence-corrected chi connectivity index (χ4v) is 4.48. The molecule has 1 amide bonds. The van der Waals surface area contributed by atoms with Crippen LogP contribution in [0.1, 0.15) is 61.0 Å². The Morgan fingerprint density at radius 1 is 1.08 bits per heavy atom. The van der Waals surface area contributed by atoms with E-state index in [0.29, 0.717) is 12.0 Å². The number of hydrogen-bond acceptors (Lipinski definition) is 5. The summed E-state index contributed by atoms with van der Waals surface area (Å²) in [6, 6.07) is 7.35. The third-order valence-electron chi connectivity index (χ3n) is 6.40. The number of carbonyl (C=O) groups excluding carboxylic acids is 2. The van der Waals surface area contributed by atoms with Crippen LogP contribution in [-0.4, -0.2) is 28.5 Å². The van der Waals surface area contributed by atoms with Crippen molar-refractivity contribution < 1.29 is 18.7 Å². The molecule has 2 atom stereocenters. The first-order valence-corrected chi connectivity index (χ1v) is 12.3. The Hall–Kier alpha value is -3.81. The standard InChI is InChI=1S/C29H34FN3O4/c1-17(2)10-25(33-16-23(30)20(5)11-26(33)34)29(36)32-24(13-27(35)37-6)21-12-22(15-31-14-21)28-18(3)8-7-9-19(28)4/h7-9,11-12,14-17,24-25H,10,13H2,1-6H3,(H,32,36). The molecule has 0 saturated carbocycles. The number of pyridine rings is 2. The van der Waals surface area contributed by atoms with Crippen LogP contribution in [0.5, 0.6) is 0 Å². The SMILES string of the molecule is COC(=O)CC(NC(=O)C(CC(C)C)n1cc(F)c(C)cc1=O)c1cncc(-c2c(C)cccc2C)c1. The highest BCUT2D eigenvalue weighted by Crippen LogP contribution is 2.30. The smallest absolute Gasteiger partial charge is 0.307 e. The number of methoxy groups -OCH3 is 1. The van der Waals surface area contributed by atoms with Gasteiger partial charge in [0, 0.05) is 30.2 Å². The van der Waals surface area contributed by atoms with E-state index in [2.05, 4.69) is 10.3 Å². The first-order chi connectivity index (χ1) is 17.5. The topological polar surface area (TPSA) is 90.3 Å². The van der Waals surface area contributed by atoms with Crippen molar-refractivity contribution in [2.75, 3.05) is 7.11 Å². The van der Waals surface area contributed by atoms with E-state index in [-0.39, 0.29) is 17.9 Å². The van der Waals surface area contributed by atoms with Crippen LogP contribution in [0.25, 0.3) is 11.1 Å². The zero-order valence-electron chi connectivity index (χ0n) is 22.2. The van der Waals surface area contributed by atoms with Crippen LogP contribution < -0.4 is 10.9 Å². The third-order valence-corrected chi connectivity index (χ3v) is 6.40. The van der Waals surface area contributed by atoms with Crippen molar-refractivity contribution in [1.82, 2.24) is 14.9 Å². The molecule has 1 N–H and O–H groups in total. The highest BCUT2D eigenvalue weighted by molar-refractivity contribution is 5.82. The van der Waals surface area contributed by atoms with Crippen molar-refractivity contribution in [2.24, 2.45) is 5.92 Å². The number of nitrogens with zero attached hydrogens (tertiary/aromatic N) is 2. The van der Waals surface area contributed by atoms with Crippen LogP contribution in [0.2, 0.25) is 0 Å². The van der Waals surface area contributed by atoms with Crippen LogP contribution in [0, 0.1) is 32.5 Å². The molecule has 0 bridgehead atoms. The monoisotopic (exact) mass is 507 g/mol. The van der Waals surface area contributed by atoms with Gasteiger partial charge in [0.15, 0.2) is 0 Å².